The molecule has 3 rings (SSSR count). The molecule has 2 heterocycles. The molecular formula is C20H21N5O2. The van der Waals surface area contributed by atoms with Gasteiger partial charge >= 0.3 is 0 Å². The van der Waals surface area contributed by atoms with Crippen LogP contribution in [0.2, 0.25) is 0 Å². The third kappa shape index (κ3) is 4.63. The zero-order valence-electron chi connectivity index (χ0n) is 15.6. The molecule has 1 aromatic carbocycles. The van der Waals surface area contributed by atoms with E-state index in [0.29, 0.717) is 5.69 Å². The maximum absolute atomic E-state index is 12.3. The van der Waals surface area contributed by atoms with E-state index in [4.69, 9.17) is 0 Å². The lowest BCUT2D eigenvalue weighted by atomic mass is 10.1. The molecule has 0 radical (unpaired) electrons. The summed E-state index contributed by atoms with van der Waals surface area (Å²) in [5.74, 6) is -0.190. The summed E-state index contributed by atoms with van der Waals surface area (Å²) in [4.78, 5) is 32.7. The molecule has 1 N–H and O–H groups in total. The van der Waals surface area contributed by atoms with Gasteiger partial charge in [0.25, 0.3) is 5.56 Å². The molecule has 0 unspecified atom stereocenters. The number of hydrogen-bond donors (Lipinski definition) is 1. The van der Waals surface area contributed by atoms with Crippen molar-refractivity contribution in [3.63, 3.8) is 0 Å². The van der Waals surface area contributed by atoms with Gasteiger partial charge in [-0.15, -0.1) is 0 Å². The molecule has 7 heteroatoms. The second-order valence-electron chi connectivity index (χ2n) is 6.29. The molecule has 0 aliphatic carbocycles. The topological polar surface area (TPSA) is 89.8 Å². The molecule has 0 aliphatic rings. The maximum atomic E-state index is 12.3. The second-order valence-corrected chi connectivity index (χ2v) is 6.29. The first-order chi connectivity index (χ1) is 12.9. The van der Waals surface area contributed by atoms with E-state index in [1.54, 1.807) is 6.07 Å². The third-order valence-corrected chi connectivity index (χ3v) is 4.05. The Hall–Kier alpha value is -3.35. The van der Waals surface area contributed by atoms with Crippen molar-refractivity contribution in [2.75, 3.05) is 5.32 Å². The van der Waals surface area contributed by atoms with E-state index in [1.165, 1.54) is 11.6 Å². The van der Waals surface area contributed by atoms with Gasteiger partial charge in [0.2, 0.25) is 11.9 Å². The van der Waals surface area contributed by atoms with Crippen LogP contribution >= 0.6 is 0 Å². The lowest BCUT2D eigenvalue weighted by Gasteiger charge is -2.08. The van der Waals surface area contributed by atoms with Gasteiger partial charge in [0.05, 0.1) is 5.69 Å². The lowest BCUT2D eigenvalue weighted by Crippen LogP contribution is -2.29. The monoisotopic (exact) mass is 363 g/mol. The van der Waals surface area contributed by atoms with Crippen LogP contribution in [0.25, 0.3) is 11.3 Å². The Labute approximate surface area is 157 Å². The highest BCUT2D eigenvalue weighted by atomic mass is 16.2. The lowest BCUT2D eigenvalue weighted by molar-refractivity contribution is -0.117. The molecule has 27 heavy (non-hydrogen) atoms. The van der Waals surface area contributed by atoms with Crippen LogP contribution in [0.5, 0.6) is 0 Å². The number of anilines is 1. The van der Waals surface area contributed by atoms with Gasteiger partial charge in [-0.05, 0) is 38.0 Å². The van der Waals surface area contributed by atoms with Crippen LogP contribution in [0, 0.1) is 13.8 Å². The Kier molecular flexibility index (Phi) is 5.40. The van der Waals surface area contributed by atoms with Gasteiger partial charge in [-0.3, -0.25) is 14.9 Å². The summed E-state index contributed by atoms with van der Waals surface area (Å²) >= 11 is 0. The Morgan fingerprint density at radius 1 is 1.04 bits per heavy atom. The van der Waals surface area contributed by atoms with E-state index in [9.17, 15) is 9.59 Å². The van der Waals surface area contributed by atoms with Gasteiger partial charge in [0.1, 0.15) is 6.54 Å². The number of benzene rings is 1. The van der Waals surface area contributed by atoms with Gasteiger partial charge in [-0.25, -0.2) is 14.6 Å². The van der Waals surface area contributed by atoms with Gasteiger partial charge in [-0.2, -0.15) is 5.10 Å². The Bertz CT molecular complexity index is 1010. The number of carbonyl (C=O) groups excluding carboxylic acids is 1. The predicted molar refractivity (Wildman–Crippen MR) is 103 cm³/mol. The molecule has 7 nitrogen and oxygen atoms in total. The summed E-state index contributed by atoms with van der Waals surface area (Å²) in [7, 11) is 0. The Morgan fingerprint density at radius 3 is 2.33 bits per heavy atom. The molecular weight excluding hydrogens is 342 g/mol. The number of hydrogen-bond acceptors (Lipinski definition) is 5. The van der Waals surface area contributed by atoms with Crippen molar-refractivity contribution in [1.29, 1.82) is 0 Å². The number of aryl methyl sites for hydroxylation is 3. The molecule has 2 aromatic heterocycles. The number of nitrogens with zero attached hydrogens (tertiary/aromatic N) is 4. The van der Waals surface area contributed by atoms with Crippen LogP contribution in [0.3, 0.4) is 0 Å². The fourth-order valence-corrected chi connectivity index (χ4v) is 2.71. The molecule has 0 atom stereocenters. The van der Waals surface area contributed by atoms with Gasteiger partial charge in [-0.1, -0.05) is 31.2 Å². The summed E-state index contributed by atoms with van der Waals surface area (Å²) in [6, 6.07) is 12.8. The van der Waals surface area contributed by atoms with E-state index in [1.807, 2.05) is 44.2 Å². The Balaban J connectivity index is 1.79. The SMILES string of the molecule is CCc1ccc(-c2ccc(=O)n(CC(=O)Nc3nc(C)cc(C)n3)n2)cc1. The summed E-state index contributed by atoms with van der Waals surface area (Å²) < 4.78 is 1.14. The smallest absolute Gasteiger partial charge is 0.267 e. The van der Waals surface area contributed by atoms with Crippen molar-refractivity contribution < 1.29 is 4.79 Å². The van der Waals surface area contributed by atoms with E-state index in [0.717, 1.165) is 28.1 Å². The minimum atomic E-state index is -0.409. The molecule has 0 saturated carbocycles. The fourth-order valence-electron chi connectivity index (χ4n) is 2.71. The van der Waals surface area contributed by atoms with Crippen LogP contribution in [0.1, 0.15) is 23.9 Å². The van der Waals surface area contributed by atoms with Crippen LogP contribution < -0.4 is 10.9 Å². The van der Waals surface area contributed by atoms with Crippen LogP contribution in [-0.4, -0.2) is 25.7 Å². The van der Waals surface area contributed by atoms with Crippen molar-refractivity contribution in [1.82, 2.24) is 19.7 Å². The highest BCUT2D eigenvalue weighted by molar-refractivity contribution is 5.88. The number of rotatable bonds is 5. The first kappa shape index (κ1) is 18.4. The fraction of sp³-hybridized carbons (Fsp3) is 0.250. The average molecular weight is 363 g/mol. The summed E-state index contributed by atoms with van der Waals surface area (Å²) in [5, 5.41) is 6.93. The highest BCUT2D eigenvalue weighted by Gasteiger charge is 2.10. The second kappa shape index (κ2) is 7.90. The van der Waals surface area contributed by atoms with Gasteiger partial charge < -0.3 is 0 Å². The molecule has 0 spiro atoms. The van der Waals surface area contributed by atoms with Crippen molar-refractivity contribution in [2.45, 2.75) is 33.7 Å². The zero-order valence-corrected chi connectivity index (χ0v) is 15.6. The number of aromatic nitrogens is 4. The molecule has 3 aromatic rings. The van der Waals surface area contributed by atoms with E-state index in [2.05, 4.69) is 27.3 Å². The first-order valence-corrected chi connectivity index (χ1v) is 8.74. The highest BCUT2D eigenvalue weighted by Crippen LogP contribution is 2.16. The molecule has 0 bridgehead atoms. The van der Waals surface area contributed by atoms with E-state index < -0.39 is 5.91 Å². The van der Waals surface area contributed by atoms with E-state index >= 15 is 0 Å². The standard InChI is InChI=1S/C20H21N5O2/c1-4-15-5-7-16(8-6-15)17-9-10-19(27)25(24-17)12-18(26)23-20-21-13(2)11-14(3)22-20/h5-11H,4,12H2,1-3H3,(H,21,22,23,26). The minimum absolute atomic E-state index is 0.212. The summed E-state index contributed by atoms with van der Waals surface area (Å²) in [6.45, 7) is 5.52. The number of carbonyl (C=O) groups is 1. The van der Waals surface area contributed by atoms with Crippen LogP contribution in [0.4, 0.5) is 5.95 Å². The van der Waals surface area contributed by atoms with Crippen LogP contribution in [-0.2, 0) is 17.8 Å². The van der Waals surface area contributed by atoms with Crippen molar-refractivity contribution in [3.05, 3.63) is 69.8 Å². The zero-order chi connectivity index (χ0) is 19.4. The maximum Gasteiger partial charge on any atom is 0.267 e. The van der Waals surface area contributed by atoms with Crippen molar-refractivity contribution >= 4 is 11.9 Å². The summed E-state index contributed by atoms with van der Waals surface area (Å²) in [6.07, 6.45) is 0.952. The average Bonchev–Trinajstić information content (AvgIpc) is 2.62. The van der Waals surface area contributed by atoms with Crippen LogP contribution in [0.15, 0.2) is 47.3 Å². The number of amides is 1. The quantitative estimate of drug-likeness (QED) is 0.752. The third-order valence-electron chi connectivity index (χ3n) is 4.05. The van der Waals surface area contributed by atoms with Gasteiger partial charge in [0.15, 0.2) is 0 Å². The Morgan fingerprint density at radius 2 is 1.70 bits per heavy atom. The molecule has 0 fully saturated rings. The predicted octanol–water partition coefficient (Wildman–Crippen LogP) is 2.52. The van der Waals surface area contributed by atoms with E-state index in [-0.39, 0.29) is 18.1 Å². The molecule has 1 amide bonds. The van der Waals surface area contributed by atoms with Gasteiger partial charge in [0, 0.05) is 23.0 Å². The first-order valence-electron chi connectivity index (χ1n) is 8.74. The number of nitrogens with one attached hydrogen (secondary N) is 1. The largest absolute Gasteiger partial charge is 0.293 e. The molecule has 0 aliphatic heterocycles. The molecule has 0 saturated heterocycles. The van der Waals surface area contributed by atoms with Crippen molar-refractivity contribution in [2.24, 2.45) is 0 Å². The minimum Gasteiger partial charge on any atom is -0.293 e. The summed E-state index contributed by atoms with van der Waals surface area (Å²) in [5.41, 5.74) is 3.91. The molecule has 138 valence electrons. The normalized spacial score (nSPS) is 10.6. The van der Waals surface area contributed by atoms with Crippen molar-refractivity contribution in [3.8, 4) is 11.3 Å².